The summed E-state index contributed by atoms with van der Waals surface area (Å²) in [7, 11) is 0. The Bertz CT molecular complexity index is 2550. The maximum Gasteiger partial charge on any atom is 0.164 e. The quantitative estimate of drug-likeness (QED) is 0.197. The highest BCUT2D eigenvalue weighted by molar-refractivity contribution is 6.13. The molecule has 0 atom stereocenters. The van der Waals surface area contributed by atoms with Crippen molar-refractivity contribution in [2.75, 3.05) is 0 Å². The Labute approximate surface area is 271 Å². The zero-order valence-electron chi connectivity index (χ0n) is 25.3. The number of fused-ring (bicyclic) bond motifs is 4. The van der Waals surface area contributed by atoms with Gasteiger partial charge in [0.25, 0.3) is 0 Å². The summed E-state index contributed by atoms with van der Waals surface area (Å²) in [6.45, 7) is 0. The van der Waals surface area contributed by atoms with Crippen LogP contribution in [0.25, 0.3) is 89.1 Å². The number of aromatic nitrogens is 3. The zero-order chi connectivity index (χ0) is 31.2. The molecule has 47 heavy (non-hydrogen) atoms. The molecule has 4 nitrogen and oxygen atoms in total. The average Bonchev–Trinajstić information content (AvgIpc) is 3.53. The molecule has 2 aromatic heterocycles. The molecule has 0 fully saturated rings. The standard InChI is InChI=1S/C43H27N3O/c1-3-11-28(12-4-1)29-21-23-32(24-22-29)41-44-42(46-43(45-41)36-19-9-16-30-15-7-8-17-34(30)36)33-25-26-37-39(27-33)47-38-20-10-18-35(40(37)38)31-13-5-2-6-14-31/h1-27H. The van der Waals surface area contributed by atoms with Crippen LogP contribution in [0.2, 0.25) is 0 Å². The first-order valence-corrected chi connectivity index (χ1v) is 15.7. The normalized spacial score (nSPS) is 11.4. The van der Waals surface area contributed by atoms with E-state index in [1.807, 2.05) is 24.3 Å². The molecule has 0 aliphatic carbocycles. The summed E-state index contributed by atoms with van der Waals surface area (Å²) >= 11 is 0. The minimum Gasteiger partial charge on any atom is -0.456 e. The minimum atomic E-state index is 0.593. The number of rotatable bonds is 5. The van der Waals surface area contributed by atoms with Crippen LogP contribution in [0, 0.1) is 0 Å². The van der Waals surface area contributed by atoms with Gasteiger partial charge in [0.2, 0.25) is 0 Å². The first-order chi connectivity index (χ1) is 23.3. The van der Waals surface area contributed by atoms with Gasteiger partial charge in [0, 0.05) is 27.5 Å². The van der Waals surface area contributed by atoms with Crippen molar-refractivity contribution in [1.29, 1.82) is 0 Å². The van der Waals surface area contributed by atoms with Crippen molar-refractivity contribution in [2.45, 2.75) is 0 Å². The molecule has 0 bridgehead atoms. The third-order valence-corrected chi connectivity index (χ3v) is 8.76. The van der Waals surface area contributed by atoms with Gasteiger partial charge in [-0.05, 0) is 51.2 Å². The Balaban J connectivity index is 1.21. The Morgan fingerprint density at radius 2 is 0.915 bits per heavy atom. The first-order valence-electron chi connectivity index (χ1n) is 15.7. The van der Waals surface area contributed by atoms with E-state index in [-0.39, 0.29) is 0 Å². The summed E-state index contributed by atoms with van der Waals surface area (Å²) in [6.07, 6.45) is 0. The Hall–Kier alpha value is -6.39. The molecule has 7 aromatic carbocycles. The van der Waals surface area contributed by atoms with E-state index >= 15 is 0 Å². The lowest BCUT2D eigenvalue weighted by Gasteiger charge is -2.11. The largest absolute Gasteiger partial charge is 0.456 e. The number of benzene rings is 7. The van der Waals surface area contributed by atoms with Crippen LogP contribution in [-0.2, 0) is 0 Å². The van der Waals surface area contributed by atoms with Crippen molar-refractivity contribution in [2.24, 2.45) is 0 Å². The molecule has 0 N–H and O–H groups in total. The molecule has 0 radical (unpaired) electrons. The van der Waals surface area contributed by atoms with Gasteiger partial charge >= 0.3 is 0 Å². The van der Waals surface area contributed by atoms with Gasteiger partial charge in [-0.3, -0.25) is 0 Å². The summed E-state index contributed by atoms with van der Waals surface area (Å²) < 4.78 is 6.45. The third kappa shape index (κ3) is 4.84. The van der Waals surface area contributed by atoms with Gasteiger partial charge in [-0.2, -0.15) is 0 Å². The van der Waals surface area contributed by atoms with Gasteiger partial charge in [-0.15, -0.1) is 0 Å². The Kier molecular flexibility index (Phi) is 6.43. The maximum absolute atomic E-state index is 6.45. The molecule has 0 unspecified atom stereocenters. The van der Waals surface area contributed by atoms with E-state index in [1.54, 1.807) is 0 Å². The topological polar surface area (TPSA) is 51.8 Å². The third-order valence-electron chi connectivity index (χ3n) is 8.76. The second kappa shape index (κ2) is 11.2. The number of nitrogens with zero attached hydrogens (tertiary/aromatic N) is 3. The van der Waals surface area contributed by atoms with Gasteiger partial charge < -0.3 is 4.42 Å². The van der Waals surface area contributed by atoms with Crippen LogP contribution < -0.4 is 0 Å². The van der Waals surface area contributed by atoms with Gasteiger partial charge in [-0.1, -0.05) is 146 Å². The van der Waals surface area contributed by atoms with Crippen LogP contribution in [-0.4, -0.2) is 15.0 Å². The molecule has 0 saturated carbocycles. The van der Waals surface area contributed by atoms with Crippen molar-refractivity contribution >= 4 is 32.7 Å². The summed E-state index contributed by atoms with van der Waals surface area (Å²) in [5.41, 5.74) is 9.01. The fourth-order valence-electron chi connectivity index (χ4n) is 6.44. The smallest absolute Gasteiger partial charge is 0.164 e. The summed E-state index contributed by atoms with van der Waals surface area (Å²) in [6, 6.07) is 56.3. The van der Waals surface area contributed by atoms with Crippen molar-refractivity contribution in [1.82, 2.24) is 15.0 Å². The monoisotopic (exact) mass is 601 g/mol. The zero-order valence-corrected chi connectivity index (χ0v) is 25.3. The molecule has 9 rings (SSSR count). The van der Waals surface area contributed by atoms with Crippen molar-refractivity contribution in [3.05, 3.63) is 164 Å². The fourth-order valence-corrected chi connectivity index (χ4v) is 6.44. The van der Waals surface area contributed by atoms with Crippen LogP contribution in [0.3, 0.4) is 0 Å². The predicted octanol–water partition coefficient (Wildman–Crippen LogP) is 11.3. The number of hydrogen-bond donors (Lipinski definition) is 0. The fraction of sp³-hybridized carbons (Fsp3) is 0. The van der Waals surface area contributed by atoms with E-state index < -0.39 is 0 Å². The van der Waals surface area contributed by atoms with E-state index in [2.05, 4.69) is 140 Å². The molecular weight excluding hydrogens is 574 g/mol. The van der Waals surface area contributed by atoms with Crippen LogP contribution >= 0.6 is 0 Å². The summed E-state index contributed by atoms with van der Waals surface area (Å²) in [5, 5.41) is 4.40. The van der Waals surface area contributed by atoms with Crippen LogP contribution in [0.5, 0.6) is 0 Å². The van der Waals surface area contributed by atoms with Crippen molar-refractivity contribution in [3.8, 4) is 56.4 Å². The van der Waals surface area contributed by atoms with Crippen LogP contribution in [0.1, 0.15) is 0 Å². The first kappa shape index (κ1) is 27.0. The van der Waals surface area contributed by atoms with E-state index in [4.69, 9.17) is 19.4 Å². The molecule has 220 valence electrons. The average molecular weight is 602 g/mol. The van der Waals surface area contributed by atoms with E-state index in [0.717, 1.165) is 66.1 Å². The predicted molar refractivity (Wildman–Crippen MR) is 192 cm³/mol. The molecule has 2 heterocycles. The molecule has 0 spiro atoms. The van der Waals surface area contributed by atoms with E-state index in [0.29, 0.717) is 17.5 Å². The number of hydrogen-bond acceptors (Lipinski definition) is 4. The van der Waals surface area contributed by atoms with Crippen LogP contribution in [0.15, 0.2) is 168 Å². The summed E-state index contributed by atoms with van der Waals surface area (Å²) in [4.78, 5) is 15.2. The lowest BCUT2D eigenvalue weighted by Crippen LogP contribution is -2.00. The van der Waals surface area contributed by atoms with Crippen LogP contribution in [0.4, 0.5) is 0 Å². The minimum absolute atomic E-state index is 0.593. The van der Waals surface area contributed by atoms with E-state index in [9.17, 15) is 0 Å². The second-order valence-electron chi connectivity index (χ2n) is 11.6. The Morgan fingerprint density at radius 3 is 1.72 bits per heavy atom. The highest BCUT2D eigenvalue weighted by atomic mass is 16.3. The molecule has 4 heteroatoms. The van der Waals surface area contributed by atoms with Gasteiger partial charge in [-0.25, -0.2) is 15.0 Å². The maximum atomic E-state index is 6.45. The van der Waals surface area contributed by atoms with Crippen molar-refractivity contribution in [3.63, 3.8) is 0 Å². The van der Waals surface area contributed by atoms with Gasteiger partial charge in [0.15, 0.2) is 17.5 Å². The Morgan fingerprint density at radius 1 is 0.340 bits per heavy atom. The molecule has 9 aromatic rings. The molecule has 0 aliphatic rings. The van der Waals surface area contributed by atoms with Gasteiger partial charge in [0.05, 0.1) is 0 Å². The highest BCUT2D eigenvalue weighted by Crippen LogP contribution is 2.38. The SMILES string of the molecule is c1ccc(-c2ccc(-c3nc(-c4ccc5c(c4)oc4cccc(-c6ccccc6)c45)nc(-c4cccc5ccccc45)n3)cc2)cc1. The molecular formula is C43H27N3O. The van der Waals surface area contributed by atoms with Crippen molar-refractivity contribution < 1.29 is 4.42 Å². The molecule has 0 amide bonds. The highest BCUT2D eigenvalue weighted by Gasteiger charge is 2.17. The lowest BCUT2D eigenvalue weighted by molar-refractivity contribution is 0.669. The van der Waals surface area contributed by atoms with Gasteiger partial charge in [0.1, 0.15) is 11.2 Å². The number of furan rings is 1. The summed E-state index contributed by atoms with van der Waals surface area (Å²) in [5.74, 6) is 1.84. The van der Waals surface area contributed by atoms with E-state index in [1.165, 1.54) is 5.56 Å². The lowest BCUT2D eigenvalue weighted by atomic mass is 9.99. The molecule has 0 saturated heterocycles. The second-order valence-corrected chi connectivity index (χ2v) is 11.6. The molecule has 0 aliphatic heterocycles.